The molecule has 5 rings (SSSR count). The number of aromatic amines is 1. The maximum absolute atomic E-state index is 12.6. The van der Waals surface area contributed by atoms with Gasteiger partial charge in [0.1, 0.15) is 5.82 Å². The first-order valence-electron chi connectivity index (χ1n) is 10.5. The molecule has 1 aliphatic carbocycles. The maximum Gasteiger partial charge on any atom is 0.281 e. The first kappa shape index (κ1) is 19.2. The average molecular weight is 427 g/mol. The fourth-order valence-corrected chi connectivity index (χ4v) is 4.45. The second-order valence-electron chi connectivity index (χ2n) is 8.19. The van der Waals surface area contributed by atoms with E-state index in [1.165, 1.54) is 0 Å². The fraction of sp³-hybridized carbons (Fsp3) is 0.476. The second-order valence-corrected chi connectivity index (χ2v) is 8.60. The van der Waals surface area contributed by atoms with Gasteiger partial charge in [0.15, 0.2) is 11.2 Å². The average Bonchev–Trinajstić information content (AvgIpc) is 3.12. The Bertz CT molecular complexity index is 1140. The molecule has 8 nitrogen and oxygen atoms in total. The number of likely N-dealkylation sites (tertiary alicyclic amines) is 1. The normalized spacial score (nSPS) is 18.0. The summed E-state index contributed by atoms with van der Waals surface area (Å²) in [7, 11) is 0. The van der Waals surface area contributed by atoms with Gasteiger partial charge in [0.05, 0.1) is 6.54 Å². The highest BCUT2D eigenvalue weighted by Crippen LogP contribution is 2.32. The van der Waals surface area contributed by atoms with Gasteiger partial charge in [-0.25, -0.2) is 9.67 Å². The highest BCUT2D eigenvalue weighted by molar-refractivity contribution is 6.31. The molecule has 156 valence electrons. The van der Waals surface area contributed by atoms with Crippen molar-refractivity contribution in [3.63, 3.8) is 0 Å². The van der Waals surface area contributed by atoms with Gasteiger partial charge < -0.3 is 9.88 Å². The van der Waals surface area contributed by atoms with Crippen LogP contribution in [0.1, 0.15) is 49.4 Å². The van der Waals surface area contributed by atoms with Crippen molar-refractivity contribution in [2.75, 3.05) is 13.1 Å². The molecule has 1 aromatic carbocycles. The van der Waals surface area contributed by atoms with Crippen molar-refractivity contribution in [1.29, 1.82) is 0 Å². The molecule has 0 unspecified atom stereocenters. The monoisotopic (exact) mass is 426 g/mol. The fourth-order valence-electron chi connectivity index (χ4n) is 4.26. The molecule has 1 amide bonds. The van der Waals surface area contributed by atoms with Crippen molar-refractivity contribution in [3.8, 4) is 0 Å². The number of rotatable bonds is 4. The number of aromatic nitrogens is 5. The highest BCUT2D eigenvalue weighted by atomic mass is 35.5. The Balaban J connectivity index is 1.37. The van der Waals surface area contributed by atoms with Gasteiger partial charge in [-0.15, -0.1) is 5.10 Å². The number of halogens is 1. The summed E-state index contributed by atoms with van der Waals surface area (Å²) < 4.78 is 1.62. The van der Waals surface area contributed by atoms with Crippen LogP contribution in [0.5, 0.6) is 0 Å². The van der Waals surface area contributed by atoms with Gasteiger partial charge in [0.2, 0.25) is 5.91 Å². The van der Waals surface area contributed by atoms with E-state index in [2.05, 4.69) is 15.3 Å². The van der Waals surface area contributed by atoms with Crippen LogP contribution >= 0.6 is 11.6 Å². The molecule has 0 bridgehead atoms. The third-order valence-electron chi connectivity index (χ3n) is 6.32. The largest absolute Gasteiger partial charge is 0.342 e. The standard InChI is InChI=1S/C21H23ClN6O2/c22-16-7-2-1-4-15(16)12-28-19-17(25-26-28)20(29)24-18(23-19)13-8-10-27(11-9-13)21(30)14-5-3-6-14/h1-2,4,7,13-14H,3,5-6,8-12H2,(H,23,24,29). The lowest BCUT2D eigenvalue weighted by molar-refractivity contribution is -0.139. The van der Waals surface area contributed by atoms with Gasteiger partial charge in [-0.05, 0) is 37.3 Å². The first-order chi connectivity index (χ1) is 14.6. The summed E-state index contributed by atoms with van der Waals surface area (Å²) in [6.45, 7) is 1.80. The van der Waals surface area contributed by atoms with Crippen molar-refractivity contribution in [2.24, 2.45) is 5.92 Å². The zero-order valence-electron chi connectivity index (χ0n) is 16.6. The highest BCUT2D eigenvalue weighted by Gasteiger charge is 2.32. The van der Waals surface area contributed by atoms with E-state index in [1.54, 1.807) is 4.68 Å². The van der Waals surface area contributed by atoms with Crippen molar-refractivity contribution in [2.45, 2.75) is 44.6 Å². The van der Waals surface area contributed by atoms with E-state index in [0.29, 0.717) is 42.0 Å². The summed E-state index contributed by atoms with van der Waals surface area (Å²) in [5.74, 6) is 1.27. The number of fused-ring (bicyclic) bond motifs is 1. The minimum absolute atomic E-state index is 0.108. The number of hydrogen-bond acceptors (Lipinski definition) is 5. The second kappa shape index (κ2) is 7.83. The van der Waals surface area contributed by atoms with Crippen LogP contribution in [-0.2, 0) is 11.3 Å². The Labute approximate surface area is 178 Å². The lowest BCUT2D eigenvalue weighted by atomic mass is 9.83. The minimum atomic E-state index is -0.284. The van der Waals surface area contributed by atoms with Crippen LogP contribution in [-0.4, -0.2) is 48.9 Å². The number of nitrogens with zero attached hydrogens (tertiary/aromatic N) is 5. The number of carbonyl (C=O) groups is 1. The summed E-state index contributed by atoms with van der Waals surface area (Å²) in [6.07, 6.45) is 4.78. The molecule has 1 aliphatic heterocycles. The summed E-state index contributed by atoms with van der Waals surface area (Å²) in [4.78, 5) is 34.6. The van der Waals surface area contributed by atoms with Crippen molar-refractivity contribution in [1.82, 2.24) is 29.9 Å². The van der Waals surface area contributed by atoms with Gasteiger partial charge in [-0.1, -0.05) is 41.4 Å². The third-order valence-corrected chi connectivity index (χ3v) is 6.69. The van der Waals surface area contributed by atoms with Crippen LogP contribution in [0.3, 0.4) is 0 Å². The smallest absolute Gasteiger partial charge is 0.281 e. The number of carbonyl (C=O) groups excluding carboxylic acids is 1. The molecule has 2 aromatic heterocycles. The molecule has 0 radical (unpaired) electrons. The van der Waals surface area contributed by atoms with Crippen LogP contribution in [0, 0.1) is 5.92 Å². The van der Waals surface area contributed by atoms with Crippen molar-refractivity contribution >= 4 is 28.7 Å². The third kappa shape index (κ3) is 3.49. The van der Waals surface area contributed by atoms with E-state index in [0.717, 1.165) is 37.7 Å². The summed E-state index contributed by atoms with van der Waals surface area (Å²) in [5.41, 5.74) is 1.29. The van der Waals surface area contributed by atoms with Gasteiger partial charge in [-0.2, -0.15) is 0 Å². The molecule has 0 spiro atoms. The molecule has 3 aromatic rings. The maximum atomic E-state index is 12.6. The van der Waals surface area contributed by atoms with Crippen LogP contribution in [0.2, 0.25) is 5.02 Å². The molecule has 1 N–H and O–H groups in total. The Hall–Kier alpha value is -2.74. The van der Waals surface area contributed by atoms with Crippen molar-refractivity contribution in [3.05, 3.63) is 51.0 Å². The first-order valence-corrected chi connectivity index (χ1v) is 10.8. The molecule has 2 fully saturated rings. The molecule has 0 atom stereocenters. The molecular weight excluding hydrogens is 404 g/mol. The van der Waals surface area contributed by atoms with Crippen LogP contribution in [0.25, 0.3) is 11.2 Å². The Kier molecular flexibility index (Phi) is 5.02. The SMILES string of the molecule is O=C(C1CCC1)N1CCC(c2nc3c(nnn3Cc3ccccc3Cl)c(=O)[nH]2)CC1. The minimum Gasteiger partial charge on any atom is -0.342 e. The number of H-pyrrole nitrogens is 1. The lowest BCUT2D eigenvalue weighted by Gasteiger charge is -2.36. The molecule has 30 heavy (non-hydrogen) atoms. The molecule has 2 aliphatic rings. The van der Waals surface area contributed by atoms with E-state index >= 15 is 0 Å². The molecule has 9 heteroatoms. The quantitative estimate of drug-likeness (QED) is 0.691. The number of amides is 1. The Morgan fingerprint density at radius 1 is 1.17 bits per heavy atom. The summed E-state index contributed by atoms with van der Waals surface area (Å²) in [6, 6.07) is 7.51. The van der Waals surface area contributed by atoms with E-state index in [-0.39, 0.29) is 22.9 Å². The number of benzene rings is 1. The van der Waals surface area contributed by atoms with Gasteiger partial charge in [-0.3, -0.25) is 9.59 Å². The van der Waals surface area contributed by atoms with Crippen LogP contribution in [0.15, 0.2) is 29.1 Å². The zero-order chi connectivity index (χ0) is 20.7. The van der Waals surface area contributed by atoms with Gasteiger partial charge in [0.25, 0.3) is 5.56 Å². The predicted molar refractivity (Wildman–Crippen MR) is 112 cm³/mol. The number of piperidine rings is 1. The topological polar surface area (TPSA) is 96.8 Å². The van der Waals surface area contributed by atoms with E-state index in [9.17, 15) is 9.59 Å². The number of nitrogens with one attached hydrogen (secondary N) is 1. The Morgan fingerprint density at radius 3 is 2.63 bits per heavy atom. The molecular formula is C21H23ClN6O2. The van der Waals surface area contributed by atoms with E-state index in [1.807, 2.05) is 29.2 Å². The van der Waals surface area contributed by atoms with E-state index < -0.39 is 0 Å². The number of hydrogen-bond donors (Lipinski definition) is 1. The Morgan fingerprint density at radius 2 is 1.93 bits per heavy atom. The molecule has 1 saturated carbocycles. The molecule has 1 saturated heterocycles. The summed E-state index contributed by atoms with van der Waals surface area (Å²) >= 11 is 6.27. The predicted octanol–water partition coefficient (Wildman–Crippen LogP) is 2.72. The van der Waals surface area contributed by atoms with Crippen LogP contribution in [0.4, 0.5) is 0 Å². The van der Waals surface area contributed by atoms with Gasteiger partial charge >= 0.3 is 0 Å². The lowest BCUT2D eigenvalue weighted by Crippen LogP contribution is -2.43. The summed E-state index contributed by atoms with van der Waals surface area (Å²) in [5, 5.41) is 8.77. The molecule has 3 heterocycles. The van der Waals surface area contributed by atoms with Crippen molar-refractivity contribution < 1.29 is 4.79 Å². The van der Waals surface area contributed by atoms with Crippen LogP contribution < -0.4 is 5.56 Å². The van der Waals surface area contributed by atoms with Gasteiger partial charge in [0, 0.05) is 29.9 Å². The zero-order valence-corrected chi connectivity index (χ0v) is 17.3. The van der Waals surface area contributed by atoms with E-state index in [4.69, 9.17) is 16.6 Å².